The molecule has 0 bridgehead atoms. The van der Waals surface area contributed by atoms with Crippen molar-refractivity contribution in [3.05, 3.63) is 38.9 Å². The first kappa shape index (κ1) is 15.4. The van der Waals surface area contributed by atoms with Gasteiger partial charge in [-0.2, -0.15) is 0 Å². The lowest BCUT2D eigenvalue weighted by molar-refractivity contribution is 0.392. The van der Waals surface area contributed by atoms with Gasteiger partial charge in [0.1, 0.15) is 15.8 Å². The van der Waals surface area contributed by atoms with Crippen LogP contribution in [0.2, 0.25) is 5.15 Å². The Balaban J connectivity index is 2.26. The van der Waals surface area contributed by atoms with Crippen LogP contribution < -0.4 is 4.72 Å². The number of nitrogens with zero attached hydrogens (tertiary/aromatic N) is 2. The van der Waals surface area contributed by atoms with Gasteiger partial charge in [-0.05, 0) is 35.8 Å². The van der Waals surface area contributed by atoms with Crippen molar-refractivity contribution < 1.29 is 12.9 Å². The van der Waals surface area contributed by atoms with E-state index < -0.39 is 10.0 Å². The van der Waals surface area contributed by atoms with Crippen LogP contribution in [0.4, 0.5) is 0 Å². The molecule has 2 aromatic heterocycles. The Morgan fingerprint density at radius 1 is 1.45 bits per heavy atom. The highest BCUT2D eigenvalue weighted by Crippen LogP contribution is 2.23. The maximum atomic E-state index is 12.2. The molecule has 0 unspecified atom stereocenters. The lowest BCUT2D eigenvalue weighted by Crippen LogP contribution is -2.24. The Hall–Kier alpha value is -0.960. The molecule has 0 fully saturated rings. The second-order valence-corrected chi connectivity index (χ2v) is 7.08. The van der Waals surface area contributed by atoms with E-state index in [-0.39, 0.29) is 16.6 Å². The van der Waals surface area contributed by atoms with E-state index in [9.17, 15) is 8.42 Å². The summed E-state index contributed by atoms with van der Waals surface area (Å²) in [6, 6.07) is 1.39. The first-order chi connectivity index (χ1) is 9.31. The molecule has 6 nitrogen and oxygen atoms in total. The molecule has 0 atom stereocenters. The van der Waals surface area contributed by atoms with Gasteiger partial charge in [0.2, 0.25) is 10.0 Å². The molecule has 0 aliphatic rings. The summed E-state index contributed by atoms with van der Waals surface area (Å²) in [6.45, 7) is 3.54. The van der Waals surface area contributed by atoms with Gasteiger partial charge in [0.15, 0.2) is 0 Å². The zero-order chi connectivity index (χ0) is 14.9. The van der Waals surface area contributed by atoms with E-state index in [1.54, 1.807) is 13.8 Å². The fourth-order valence-electron chi connectivity index (χ4n) is 1.59. The predicted octanol–water partition coefficient (Wildman–Crippen LogP) is 2.58. The fraction of sp³-hybridized carbons (Fsp3) is 0.273. The molecule has 0 saturated carbocycles. The number of rotatable bonds is 4. The summed E-state index contributed by atoms with van der Waals surface area (Å²) in [5.74, 6) is 0.573. The van der Waals surface area contributed by atoms with Crippen LogP contribution in [-0.2, 0) is 16.6 Å². The van der Waals surface area contributed by atoms with Crippen LogP contribution in [0.1, 0.15) is 17.0 Å². The van der Waals surface area contributed by atoms with Crippen LogP contribution in [0.5, 0.6) is 0 Å². The molecule has 0 saturated heterocycles. The maximum Gasteiger partial charge on any atom is 0.243 e. The highest BCUT2D eigenvalue weighted by atomic mass is 79.9. The second-order valence-electron chi connectivity index (χ2n) is 4.07. The van der Waals surface area contributed by atoms with Crippen LogP contribution in [0, 0.1) is 13.8 Å². The number of aryl methyl sites for hydroxylation is 2. The first-order valence-electron chi connectivity index (χ1n) is 5.53. The van der Waals surface area contributed by atoms with E-state index in [0.717, 1.165) is 0 Å². The van der Waals surface area contributed by atoms with Gasteiger partial charge in [0.05, 0.1) is 5.69 Å². The van der Waals surface area contributed by atoms with E-state index in [0.29, 0.717) is 21.5 Å². The number of hydrogen-bond acceptors (Lipinski definition) is 5. The Labute approximate surface area is 129 Å². The lowest BCUT2D eigenvalue weighted by Gasteiger charge is -2.08. The molecule has 0 aliphatic carbocycles. The van der Waals surface area contributed by atoms with Gasteiger partial charge in [-0.25, -0.2) is 18.1 Å². The molecule has 0 aromatic carbocycles. The summed E-state index contributed by atoms with van der Waals surface area (Å²) in [6.07, 6.45) is 1.43. The lowest BCUT2D eigenvalue weighted by atomic mass is 10.2. The minimum Gasteiger partial charge on any atom is -0.361 e. The topological polar surface area (TPSA) is 85.1 Å². The quantitative estimate of drug-likeness (QED) is 0.824. The van der Waals surface area contributed by atoms with Crippen LogP contribution >= 0.6 is 27.5 Å². The molecule has 2 aromatic rings. The predicted molar refractivity (Wildman–Crippen MR) is 76.9 cm³/mol. The molecule has 0 spiro atoms. The van der Waals surface area contributed by atoms with Crippen molar-refractivity contribution in [3.8, 4) is 0 Å². The van der Waals surface area contributed by atoms with Crippen molar-refractivity contribution in [3.63, 3.8) is 0 Å². The standard InChI is InChI=1S/C11H11BrClN3O3S/c1-6-9(7(2)19-16-6)5-15-20(17,18)10-3-8(12)4-14-11(10)13/h3-4,15H,5H2,1-2H3. The van der Waals surface area contributed by atoms with Crippen molar-refractivity contribution in [2.45, 2.75) is 25.3 Å². The minimum atomic E-state index is -3.77. The van der Waals surface area contributed by atoms with Crippen LogP contribution in [0.25, 0.3) is 0 Å². The molecule has 1 N–H and O–H groups in total. The summed E-state index contributed by atoms with van der Waals surface area (Å²) in [4.78, 5) is 3.71. The zero-order valence-corrected chi connectivity index (χ0v) is 13.8. The largest absolute Gasteiger partial charge is 0.361 e. The molecule has 108 valence electrons. The Kier molecular flexibility index (Phi) is 4.48. The molecule has 9 heteroatoms. The van der Waals surface area contributed by atoms with Crippen molar-refractivity contribution in [1.29, 1.82) is 0 Å². The number of pyridine rings is 1. The molecular formula is C11H11BrClN3O3S. The van der Waals surface area contributed by atoms with Gasteiger partial charge in [-0.1, -0.05) is 16.8 Å². The molecule has 2 heterocycles. The number of sulfonamides is 1. The van der Waals surface area contributed by atoms with E-state index in [2.05, 4.69) is 30.8 Å². The van der Waals surface area contributed by atoms with E-state index in [1.165, 1.54) is 12.3 Å². The van der Waals surface area contributed by atoms with Crippen LogP contribution in [-0.4, -0.2) is 18.6 Å². The Morgan fingerprint density at radius 2 is 2.15 bits per heavy atom. The highest BCUT2D eigenvalue weighted by molar-refractivity contribution is 9.10. The summed E-state index contributed by atoms with van der Waals surface area (Å²) < 4.78 is 32.4. The summed E-state index contributed by atoms with van der Waals surface area (Å²) in [7, 11) is -3.77. The molecule has 0 radical (unpaired) electrons. The second kappa shape index (κ2) is 5.80. The van der Waals surface area contributed by atoms with E-state index in [4.69, 9.17) is 16.1 Å². The van der Waals surface area contributed by atoms with Crippen molar-refractivity contribution in [2.75, 3.05) is 0 Å². The summed E-state index contributed by atoms with van der Waals surface area (Å²) in [5, 5.41) is 3.68. The van der Waals surface area contributed by atoms with Gasteiger partial charge >= 0.3 is 0 Å². The van der Waals surface area contributed by atoms with E-state index in [1.807, 2.05) is 0 Å². The van der Waals surface area contributed by atoms with Gasteiger partial charge in [0, 0.05) is 22.8 Å². The van der Waals surface area contributed by atoms with Crippen LogP contribution in [0.3, 0.4) is 0 Å². The number of hydrogen-bond donors (Lipinski definition) is 1. The highest BCUT2D eigenvalue weighted by Gasteiger charge is 2.20. The minimum absolute atomic E-state index is 0.0757. The normalized spacial score (nSPS) is 11.8. The SMILES string of the molecule is Cc1noc(C)c1CNS(=O)(=O)c1cc(Br)cnc1Cl. The molecule has 20 heavy (non-hydrogen) atoms. The number of halogens is 2. The van der Waals surface area contributed by atoms with Crippen molar-refractivity contribution >= 4 is 37.6 Å². The smallest absolute Gasteiger partial charge is 0.243 e. The average molecular weight is 381 g/mol. The maximum absolute atomic E-state index is 12.2. The zero-order valence-electron chi connectivity index (χ0n) is 10.6. The molecule has 2 rings (SSSR count). The molecule has 0 amide bonds. The van der Waals surface area contributed by atoms with Gasteiger partial charge in [-0.3, -0.25) is 0 Å². The van der Waals surface area contributed by atoms with Crippen LogP contribution in [0.15, 0.2) is 26.2 Å². The Morgan fingerprint density at radius 3 is 2.75 bits per heavy atom. The first-order valence-corrected chi connectivity index (χ1v) is 8.19. The third-order valence-corrected chi connectivity index (χ3v) is 4.94. The third-order valence-electron chi connectivity index (χ3n) is 2.68. The Bertz CT molecular complexity index is 726. The molecule has 0 aliphatic heterocycles. The third kappa shape index (κ3) is 3.20. The monoisotopic (exact) mass is 379 g/mol. The summed E-state index contributed by atoms with van der Waals surface area (Å²) in [5.41, 5.74) is 1.34. The van der Waals surface area contributed by atoms with Gasteiger partial charge in [-0.15, -0.1) is 0 Å². The van der Waals surface area contributed by atoms with E-state index >= 15 is 0 Å². The fourth-order valence-corrected chi connectivity index (χ4v) is 3.53. The average Bonchev–Trinajstić information content (AvgIpc) is 2.69. The van der Waals surface area contributed by atoms with Crippen molar-refractivity contribution in [1.82, 2.24) is 14.9 Å². The number of aromatic nitrogens is 2. The number of nitrogens with one attached hydrogen (secondary N) is 1. The van der Waals surface area contributed by atoms with Crippen molar-refractivity contribution in [2.24, 2.45) is 0 Å². The summed E-state index contributed by atoms with van der Waals surface area (Å²) >= 11 is 8.99. The molecular weight excluding hydrogens is 370 g/mol. The van der Waals surface area contributed by atoms with Gasteiger partial charge in [0.25, 0.3) is 0 Å². The van der Waals surface area contributed by atoms with Gasteiger partial charge < -0.3 is 4.52 Å².